The van der Waals surface area contributed by atoms with Crippen LogP contribution in [0.15, 0.2) is 18.5 Å². The molecule has 60 heavy (non-hydrogen) atoms. The van der Waals surface area contributed by atoms with Crippen LogP contribution in [0.1, 0.15) is 195 Å². The summed E-state index contributed by atoms with van der Waals surface area (Å²) in [6.45, 7) is 2.56. The Morgan fingerprint density at radius 2 is 0.683 bits per heavy atom. The van der Waals surface area contributed by atoms with E-state index >= 15 is 0 Å². The lowest BCUT2D eigenvalue weighted by Gasteiger charge is -2.34. The summed E-state index contributed by atoms with van der Waals surface area (Å²) in [5.41, 5.74) is -3.34. The third-order valence-corrected chi connectivity index (χ3v) is 10.9. The number of amides is 2. The Morgan fingerprint density at radius 3 is 0.933 bits per heavy atom. The van der Waals surface area contributed by atoms with Crippen molar-refractivity contribution in [2.45, 2.75) is 191 Å². The van der Waals surface area contributed by atoms with Crippen LogP contribution in [0.5, 0.6) is 0 Å². The van der Waals surface area contributed by atoms with Gasteiger partial charge in [0.1, 0.15) is 17.7 Å². The number of nitrogens with zero attached hydrogens (tertiary/aromatic N) is 1. The minimum Gasteiger partial charge on any atom is -0.481 e. The van der Waals surface area contributed by atoms with E-state index in [9.17, 15) is 69.0 Å². The van der Waals surface area contributed by atoms with E-state index < -0.39 is 97.2 Å². The van der Waals surface area contributed by atoms with Crippen molar-refractivity contribution in [1.82, 2.24) is 10.6 Å². The number of carboxylic acids is 6. The highest BCUT2D eigenvalue weighted by Crippen LogP contribution is 2.29. The number of hydrogen-bond acceptors (Lipinski definition) is 8. The van der Waals surface area contributed by atoms with E-state index in [1.807, 2.05) is 0 Å². The quantitative estimate of drug-likeness (QED) is 0.0259. The van der Waals surface area contributed by atoms with Crippen LogP contribution < -0.4 is 15.2 Å². The second kappa shape index (κ2) is 29.2. The fourth-order valence-electron chi connectivity index (χ4n) is 7.33. The highest BCUT2D eigenvalue weighted by Gasteiger charge is 2.37. The summed E-state index contributed by atoms with van der Waals surface area (Å²) in [5, 5.41) is 62.1. The molecule has 0 saturated carbocycles. The van der Waals surface area contributed by atoms with Gasteiger partial charge in [-0.05, 0) is 51.0 Å². The average molecular weight is 851 g/mol. The lowest BCUT2D eigenvalue weighted by molar-refractivity contribution is -0.697. The van der Waals surface area contributed by atoms with Gasteiger partial charge < -0.3 is 41.3 Å². The van der Waals surface area contributed by atoms with E-state index in [0.29, 0.717) is 13.0 Å². The average Bonchev–Trinajstić information content (AvgIpc) is 3.18. The Hall–Kier alpha value is -5.09. The van der Waals surface area contributed by atoms with Crippen molar-refractivity contribution in [3.05, 3.63) is 29.6 Å². The van der Waals surface area contributed by atoms with Gasteiger partial charge in [-0.25, -0.2) is 4.57 Å². The standard InChI is InChI=1S/C43H67N3O14/c1-2-3-4-5-6-7-8-9-10-11-12-13-14-15-28-46-30-32(40(59)44-42(22-16-34(47)48,23-17-35(49)50)24-18-36(51)52)29-33(31-46)41(60)45-43(25-19-37(53)54,26-20-38(55)56)27-21-39(57)58/h29-31H,2-28H2,1H3,(H7-,44,45,47,48,49,50,51,52,53,54,55,56,57,58,59,60)/p+1. The first-order valence-electron chi connectivity index (χ1n) is 21.4. The summed E-state index contributed by atoms with van der Waals surface area (Å²) in [4.78, 5) is 97.6. The molecule has 0 spiro atoms. The fourth-order valence-corrected chi connectivity index (χ4v) is 7.33. The molecule has 1 heterocycles. The van der Waals surface area contributed by atoms with Crippen LogP contribution in [0.3, 0.4) is 0 Å². The molecule has 1 aromatic heterocycles. The van der Waals surface area contributed by atoms with Crippen molar-refractivity contribution in [3.63, 3.8) is 0 Å². The molecule has 8 N–H and O–H groups in total. The zero-order valence-electron chi connectivity index (χ0n) is 35.2. The molecule has 0 aliphatic carbocycles. The molecule has 0 radical (unpaired) electrons. The summed E-state index contributed by atoms with van der Waals surface area (Å²) in [7, 11) is 0. The van der Waals surface area contributed by atoms with Gasteiger partial charge in [-0.1, -0.05) is 84.0 Å². The molecule has 0 atom stereocenters. The molecule has 0 bridgehead atoms. The van der Waals surface area contributed by atoms with Crippen molar-refractivity contribution in [3.8, 4) is 0 Å². The van der Waals surface area contributed by atoms with E-state index in [0.717, 1.165) is 25.7 Å². The maximum atomic E-state index is 14.0. The zero-order chi connectivity index (χ0) is 45.0. The largest absolute Gasteiger partial charge is 0.481 e. The van der Waals surface area contributed by atoms with Crippen molar-refractivity contribution >= 4 is 47.6 Å². The molecular weight excluding hydrogens is 782 g/mol. The van der Waals surface area contributed by atoms with Gasteiger partial charge in [0.15, 0.2) is 12.4 Å². The number of hydrogen-bond donors (Lipinski definition) is 8. The van der Waals surface area contributed by atoms with Gasteiger partial charge in [-0.15, -0.1) is 0 Å². The van der Waals surface area contributed by atoms with Gasteiger partial charge in [-0.3, -0.25) is 38.4 Å². The summed E-state index contributed by atoms with van der Waals surface area (Å²) >= 11 is 0. The SMILES string of the molecule is CCCCCCCCCCCCCCCC[n+]1cc(C(=O)NC(CCC(=O)O)(CCC(=O)O)CCC(=O)O)cc(C(=O)NC(CCC(=O)O)(CCC(=O)O)CCC(=O)O)c1. The Bertz CT molecular complexity index is 1380. The molecule has 0 aliphatic rings. The number of aryl methyl sites for hydroxylation is 1. The van der Waals surface area contributed by atoms with Crippen LogP contribution in [-0.2, 0) is 35.3 Å². The molecule has 1 aromatic rings. The third kappa shape index (κ3) is 24.1. The van der Waals surface area contributed by atoms with E-state index in [4.69, 9.17) is 0 Å². The molecule has 2 amide bonds. The summed E-state index contributed by atoms with van der Waals surface area (Å²) in [6, 6.07) is 1.21. The number of unbranched alkanes of at least 4 members (excludes halogenated alkanes) is 13. The van der Waals surface area contributed by atoms with Crippen molar-refractivity contribution < 1.29 is 73.6 Å². The van der Waals surface area contributed by atoms with Gasteiger partial charge in [0.05, 0.1) is 0 Å². The topological polar surface area (TPSA) is 286 Å². The molecule has 338 valence electrons. The van der Waals surface area contributed by atoms with Crippen molar-refractivity contribution in [2.24, 2.45) is 0 Å². The molecule has 0 saturated heterocycles. The van der Waals surface area contributed by atoms with Gasteiger partial charge >= 0.3 is 35.8 Å². The Kier molecular flexibility index (Phi) is 25.7. The smallest absolute Gasteiger partial charge is 0.303 e. The van der Waals surface area contributed by atoms with Crippen LogP contribution in [-0.4, -0.2) is 89.3 Å². The maximum absolute atomic E-state index is 14.0. The molecule has 0 aromatic carbocycles. The Balaban J connectivity index is 3.43. The predicted molar refractivity (Wildman–Crippen MR) is 219 cm³/mol. The number of nitrogens with one attached hydrogen (secondary N) is 2. The van der Waals surface area contributed by atoms with E-state index in [1.165, 1.54) is 76.2 Å². The van der Waals surface area contributed by atoms with Crippen molar-refractivity contribution in [2.75, 3.05) is 0 Å². The minimum atomic E-state index is -1.57. The van der Waals surface area contributed by atoms with Gasteiger partial charge in [-0.2, -0.15) is 0 Å². The summed E-state index contributed by atoms with van der Waals surface area (Å²) < 4.78 is 1.60. The van der Waals surface area contributed by atoms with Gasteiger partial charge in [0.2, 0.25) is 0 Å². The van der Waals surface area contributed by atoms with Gasteiger partial charge in [0, 0.05) is 56.0 Å². The Morgan fingerprint density at radius 1 is 0.433 bits per heavy atom. The fraction of sp³-hybridized carbons (Fsp3) is 0.698. The lowest BCUT2D eigenvalue weighted by atomic mass is 9.83. The van der Waals surface area contributed by atoms with Gasteiger partial charge in [0.25, 0.3) is 11.8 Å². The number of rotatable bonds is 37. The number of pyridine rings is 1. The second-order valence-corrected chi connectivity index (χ2v) is 16.0. The van der Waals surface area contributed by atoms with E-state index in [2.05, 4.69) is 17.6 Å². The normalized spacial score (nSPS) is 11.5. The van der Waals surface area contributed by atoms with Crippen LogP contribution in [0.25, 0.3) is 0 Å². The first kappa shape index (κ1) is 52.9. The summed E-state index contributed by atoms with van der Waals surface area (Å²) in [6.07, 6.45) is 14.1. The second-order valence-electron chi connectivity index (χ2n) is 16.0. The molecule has 1 rings (SSSR count). The third-order valence-electron chi connectivity index (χ3n) is 10.9. The number of carbonyl (C=O) groups excluding carboxylic acids is 2. The molecule has 0 unspecified atom stereocenters. The first-order valence-corrected chi connectivity index (χ1v) is 21.4. The van der Waals surface area contributed by atoms with E-state index in [-0.39, 0.29) is 49.7 Å². The Labute approximate surface area is 352 Å². The number of carbonyl (C=O) groups is 8. The highest BCUT2D eigenvalue weighted by atomic mass is 16.4. The van der Waals surface area contributed by atoms with Crippen molar-refractivity contribution in [1.29, 1.82) is 0 Å². The predicted octanol–water partition coefficient (Wildman–Crippen LogP) is 6.58. The van der Waals surface area contributed by atoms with Crippen LogP contribution in [0, 0.1) is 0 Å². The van der Waals surface area contributed by atoms with E-state index in [1.54, 1.807) is 4.57 Å². The first-order chi connectivity index (χ1) is 28.4. The molecule has 17 nitrogen and oxygen atoms in total. The minimum absolute atomic E-state index is 0.106. The number of aliphatic carboxylic acids is 6. The number of carboxylic acid groups (broad SMARTS) is 6. The molecule has 0 aliphatic heterocycles. The molecule has 0 fully saturated rings. The number of aromatic nitrogens is 1. The summed E-state index contributed by atoms with van der Waals surface area (Å²) in [5.74, 6) is -9.17. The molecule has 17 heteroatoms. The van der Waals surface area contributed by atoms with Crippen LogP contribution in [0.2, 0.25) is 0 Å². The molecular formula is C43H68N3O14+. The monoisotopic (exact) mass is 850 g/mol. The van der Waals surface area contributed by atoms with Crippen LogP contribution >= 0.6 is 0 Å². The van der Waals surface area contributed by atoms with Crippen LogP contribution in [0.4, 0.5) is 0 Å². The lowest BCUT2D eigenvalue weighted by Crippen LogP contribution is -2.51. The zero-order valence-corrected chi connectivity index (χ0v) is 35.2. The highest BCUT2D eigenvalue weighted by molar-refractivity contribution is 5.99. The maximum Gasteiger partial charge on any atom is 0.303 e.